The van der Waals surface area contributed by atoms with Crippen LogP contribution < -0.4 is 15.0 Å². The fourth-order valence-electron chi connectivity index (χ4n) is 3.53. The Morgan fingerprint density at radius 2 is 1.77 bits per heavy atom. The lowest BCUT2D eigenvalue weighted by Crippen LogP contribution is -2.44. The van der Waals surface area contributed by atoms with Crippen LogP contribution in [0.1, 0.15) is 27.9 Å². The second-order valence-electron chi connectivity index (χ2n) is 7.66. The molecule has 1 aliphatic rings. The van der Waals surface area contributed by atoms with Gasteiger partial charge in [0.1, 0.15) is 11.8 Å². The molecule has 3 aromatic rings. The first-order valence-electron chi connectivity index (χ1n) is 10.4. The molecule has 2 aromatic carbocycles. The second kappa shape index (κ2) is 9.61. The van der Waals surface area contributed by atoms with Gasteiger partial charge in [-0.2, -0.15) is 0 Å². The Bertz CT molecular complexity index is 982. The summed E-state index contributed by atoms with van der Waals surface area (Å²) in [6.45, 7) is 3.55. The maximum absolute atomic E-state index is 12.9. The van der Waals surface area contributed by atoms with Gasteiger partial charge in [-0.1, -0.05) is 35.4 Å². The zero-order chi connectivity index (χ0) is 21.6. The molecule has 162 valence electrons. The largest absolute Gasteiger partial charge is 0.497 e. The van der Waals surface area contributed by atoms with Gasteiger partial charge in [-0.3, -0.25) is 4.79 Å². The number of carbonyl (C=O) groups is 1. The van der Waals surface area contributed by atoms with E-state index < -0.39 is 6.04 Å². The van der Waals surface area contributed by atoms with E-state index in [4.69, 9.17) is 9.15 Å². The molecule has 0 aliphatic carbocycles. The molecule has 0 radical (unpaired) electrons. The minimum Gasteiger partial charge on any atom is -0.497 e. The SMILES string of the molecule is COc1ccc(C(=O)NC(Cc2ccccc2)c2nnc(N3CCN(C)CC3)o2)cc1. The molecule has 0 saturated carbocycles. The first kappa shape index (κ1) is 20.9. The first-order valence-corrected chi connectivity index (χ1v) is 10.4. The van der Waals surface area contributed by atoms with Crippen molar-refractivity contribution >= 4 is 11.9 Å². The van der Waals surface area contributed by atoms with E-state index in [-0.39, 0.29) is 5.91 Å². The van der Waals surface area contributed by atoms with Crippen LogP contribution >= 0.6 is 0 Å². The lowest BCUT2D eigenvalue weighted by molar-refractivity contribution is 0.0930. The van der Waals surface area contributed by atoms with Crippen LogP contribution in [0.2, 0.25) is 0 Å². The topological polar surface area (TPSA) is 83.7 Å². The molecule has 1 atom stereocenters. The van der Waals surface area contributed by atoms with Crippen LogP contribution in [0, 0.1) is 0 Å². The monoisotopic (exact) mass is 421 g/mol. The van der Waals surface area contributed by atoms with Crippen LogP contribution in [-0.4, -0.2) is 61.3 Å². The summed E-state index contributed by atoms with van der Waals surface area (Å²) in [4.78, 5) is 17.3. The number of rotatable bonds is 7. The standard InChI is InChI=1S/C23H27N5O3/c1-27-12-14-28(15-13-27)23-26-25-22(31-23)20(16-17-6-4-3-5-7-17)24-21(29)18-8-10-19(30-2)11-9-18/h3-11,20H,12-16H2,1-2H3,(H,24,29). The van der Waals surface area contributed by atoms with Gasteiger partial charge in [-0.05, 0) is 36.9 Å². The summed E-state index contributed by atoms with van der Waals surface area (Å²) in [6, 6.07) is 17.0. The highest BCUT2D eigenvalue weighted by Crippen LogP contribution is 2.23. The molecule has 0 bridgehead atoms. The van der Waals surface area contributed by atoms with Crippen molar-refractivity contribution in [3.8, 4) is 5.75 Å². The number of nitrogens with zero attached hydrogens (tertiary/aromatic N) is 4. The Morgan fingerprint density at radius 3 is 2.45 bits per heavy atom. The van der Waals surface area contributed by atoms with Gasteiger partial charge in [0, 0.05) is 38.2 Å². The average molecular weight is 422 g/mol. The third kappa shape index (κ3) is 5.21. The number of hydrogen-bond acceptors (Lipinski definition) is 7. The number of methoxy groups -OCH3 is 1. The van der Waals surface area contributed by atoms with Crippen molar-refractivity contribution in [2.45, 2.75) is 12.5 Å². The maximum atomic E-state index is 12.9. The smallest absolute Gasteiger partial charge is 0.318 e. The Labute approximate surface area is 181 Å². The minimum absolute atomic E-state index is 0.206. The van der Waals surface area contributed by atoms with Gasteiger partial charge in [0.15, 0.2) is 0 Å². The summed E-state index contributed by atoms with van der Waals surface area (Å²) in [5.41, 5.74) is 1.61. The molecule has 1 unspecified atom stereocenters. The number of carbonyl (C=O) groups excluding carboxylic acids is 1. The molecule has 1 aliphatic heterocycles. The van der Waals surface area contributed by atoms with Crippen LogP contribution in [0.15, 0.2) is 59.0 Å². The number of benzene rings is 2. The van der Waals surface area contributed by atoms with Crippen molar-refractivity contribution in [2.24, 2.45) is 0 Å². The molecule has 1 N–H and O–H groups in total. The van der Waals surface area contributed by atoms with Crippen molar-refractivity contribution in [2.75, 3.05) is 45.2 Å². The van der Waals surface area contributed by atoms with E-state index in [0.717, 1.165) is 31.7 Å². The summed E-state index contributed by atoms with van der Waals surface area (Å²) in [6.07, 6.45) is 0.549. The number of likely N-dealkylation sites (N-methyl/N-ethyl adjacent to an activating group) is 1. The van der Waals surface area contributed by atoms with E-state index in [2.05, 4.69) is 32.4 Å². The van der Waals surface area contributed by atoms with Gasteiger partial charge in [0.25, 0.3) is 5.91 Å². The minimum atomic E-state index is -0.439. The lowest BCUT2D eigenvalue weighted by Gasteiger charge is -2.30. The van der Waals surface area contributed by atoms with Gasteiger partial charge in [-0.15, -0.1) is 5.10 Å². The highest BCUT2D eigenvalue weighted by Gasteiger charge is 2.25. The van der Waals surface area contributed by atoms with E-state index in [1.165, 1.54) is 0 Å². The fourth-order valence-corrected chi connectivity index (χ4v) is 3.53. The molecule has 1 amide bonds. The van der Waals surface area contributed by atoms with Crippen LogP contribution in [0.3, 0.4) is 0 Å². The molecule has 8 heteroatoms. The summed E-state index contributed by atoms with van der Waals surface area (Å²) in [7, 11) is 3.69. The molecule has 1 fully saturated rings. The lowest BCUT2D eigenvalue weighted by atomic mass is 10.1. The number of hydrogen-bond donors (Lipinski definition) is 1. The van der Waals surface area contributed by atoms with E-state index in [1.807, 2.05) is 30.3 Å². The molecule has 0 spiro atoms. The van der Waals surface area contributed by atoms with Crippen molar-refractivity contribution < 1.29 is 13.9 Å². The molecule has 2 heterocycles. The van der Waals surface area contributed by atoms with Crippen molar-refractivity contribution in [1.82, 2.24) is 20.4 Å². The number of ether oxygens (including phenoxy) is 1. The van der Waals surface area contributed by atoms with Crippen molar-refractivity contribution in [3.05, 3.63) is 71.6 Å². The van der Waals surface area contributed by atoms with E-state index in [0.29, 0.717) is 29.6 Å². The van der Waals surface area contributed by atoms with Crippen molar-refractivity contribution in [1.29, 1.82) is 0 Å². The maximum Gasteiger partial charge on any atom is 0.318 e. The normalized spacial score (nSPS) is 15.5. The second-order valence-corrected chi connectivity index (χ2v) is 7.66. The van der Waals surface area contributed by atoms with Gasteiger partial charge < -0.3 is 24.3 Å². The number of anilines is 1. The Morgan fingerprint density at radius 1 is 1.06 bits per heavy atom. The number of amides is 1. The Balaban J connectivity index is 1.53. The van der Waals surface area contributed by atoms with Crippen LogP contribution in [-0.2, 0) is 6.42 Å². The summed E-state index contributed by atoms with van der Waals surface area (Å²) in [5, 5.41) is 11.6. The Kier molecular flexibility index (Phi) is 6.47. The van der Waals surface area contributed by atoms with E-state index in [9.17, 15) is 4.79 Å². The predicted octanol–water partition coefficient (Wildman–Crippen LogP) is 2.54. The van der Waals surface area contributed by atoms with E-state index >= 15 is 0 Å². The van der Waals surface area contributed by atoms with Crippen molar-refractivity contribution in [3.63, 3.8) is 0 Å². The average Bonchev–Trinajstić information content (AvgIpc) is 3.30. The molecule has 1 saturated heterocycles. The number of nitrogens with one attached hydrogen (secondary N) is 1. The number of piperazine rings is 1. The molecular formula is C23H27N5O3. The number of aromatic nitrogens is 2. The van der Waals surface area contributed by atoms with Crippen LogP contribution in [0.4, 0.5) is 6.01 Å². The molecule has 8 nitrogen and oxygen atoms in total. The quantitative estimate of drug-likeness (QED) is 0.628. The third-order valence-electron chi connectivity index (χ3n) is 5.44. The summed E-state index contributed by atoms with van der Waals surface area (Å²) in [5.74, 6) is 0.897. The van der Waals surface area contributed by atoms with E-state index in [1.54, 1.807) is 31.4 Å². The molecule has 31 heavy (non-hydrogen) atoms. The van der Waals surface area contributed by atoms with Crippen LogP contribution in [0.25, 0.3) is 0 Å². The highest BCUT2D eigenvalue weighted by molar-refractivity contribution is 5.94. The highest BCUT2D eigenvalue weighted by atomic mass is 16.5. The summed E-state index contributed by atoms with van der Waals surface area (Å²) < 4.78 is 11.2. The Hall–Kier alpha value is -3.39. The predicted molar refractivity (Wildman–Crippen MR) is 117 cm³/mol. The summed E-state index contributed by atoms with van der Waals surface area (Å²) >= 11 is 0. The molecule has 1 aromatic heterocycles. The van der Waals surface area contributed by atoms with Crippen LogP contribution in [0.5, 0.6) is 5.75 Å². The van der Waals surface area contributed by atoms with Gasteiger partial charge in [0.05, 0.1) is 7.11 Å². The molecular weight excluding hydrogens is 394 g/mol. The molecule has 4 rings (SSSR count). The van der Waals surface area contributed by atoms with Gasteiger partial charge >= 0.3 is 6.01 Å². The zero-order valence-corrected chi connectivity index (χ0v) is 17.8. The van der Waals surface area contributed by atoms with Gasteiger partial charge in [-0.25, -0.2) is 0 Å². The van der Waals surface area contributed by atoms with Gasteiger partial charge in [0.2, 0.25) is 5.89 Å². The third-order valence-corrected chi connectivity index (χ3v) is 5.44. The zero-order valence-electron chi connectivity index (χ0n) is 17.8. The first-order chi connectivity index (χ1) is 15.1. The fraction of sp³-hybridized carbons (Fsp3) is 0.348.